The van der Waals surface area contributed by atoms with Crippen molar-refractivity contribution in [2.45, 2.75) is 12.8 Å². The average Bonchev–Trinajstić information content (AvgIpc) is 2.62. The standard InChI is InChI=1S/C18H20F2N2O3/c1-2-24-15-9-5-6-10-16(15)25-14-8-4-3-7-13(14)17(23)22-12-18(19,20)11-21/h3-10H,2,11-12,21H2,1H3,(H,22,23). The van der Waals surface area contributed by atoms with Crippen molar-refractivity contribution >= 4 is 5.91 Å². The lowest BCUT2D eigenvalue weighted by molar-refractivity contribution is 0.0118. The summed E-state index contributed by atoms with van der Waals surface area (Å²) in [7, 11) is 0. The number of rotatable bonds is 8. The van der Waals surface area contributed by atoms with Crippen molar-refractivity contribution in [3.05, 3.63) is 54.1 Å². The molecule has 0 radical (unpaired) electrons. The predicted octanol–water partition coefficient (Wildman–Crippen LogP) is 3.20. The fourth-order valence-corrected chi connectivity index (χ4v) is 2.05. The summed E-state index contributed by atoms with van der Waals surface area (Å²) in [6.45, 7) is 0.617. The molecule has 0 bridgehead atoms. The van der Waals surface area contributed by atoms with E-state index in [9.17, 15) is 13.6 Å². The van der Waals surface area contributed by atoms with Gasteiger partial charge in [0.15, 0.2) is 11.5 Å². The summed E-state index contributed by atoms with van der Waals surface area (Å²) in [6, 6.07) is 13.4. The van der Waals surface area contributed by atoms with Crippen molar-refractivity contribution in [2.24, 2.45) is 5.73 Å². The van der Waals surface area contributed by atoms with Crippen LogP contribution < -0.4 is 20.5 Å². The fourth-order valence-electron chi connectivity index (χ4n) is 2.05. The van der Waals surface area contributed by atoms with Crippen LogP contribution in [0.25, 0.3) is 0 Å². The first-order valence-electron chi connectivity index (χ1n) is 7.81. The first kappa shape index (κ1) is 18.7. The van der Waals surface area contributed by atoms with Crippen molar-refractivity contribution in [2.75, 3.05) is 19.7 Å². The highest BCUT2D eigenvalue weighted by Gasteiger charge is 2.28. The molecule has 0 aliphatic rings. The molecule has 0 heterocycles. The Morgan fingerprint density at radius 2 is 1.68 bits per heavy atom. The fraction of sp³-hybridized carbons (Fsp3) is 0.278. The molecule has 25 heavy (non-hydrogen) atoms. The van der Waals surface area contributed by atoms with Crippen LogP contribution in [-0.2, 0) is 0 Å². The summed E-state index contributed by atoms with van der Waals surface area (Å²) in [4.78, 5) is 12.2. The van der Waals surface area contributed by atoms with Crippen molar-refractivity contribution in [1.29, 1.82) is 0 Å². The van der Waals surface area contributed by atoms with Crippen LogP contribution >= 0.6 is 0 Å². The van der Waals surface area contributed by atoms with Crippen LogP contribution in [0.15, 0.2) is 48.5 Å². The van der Waals surface area contributed by atoms with Crippen molar-refractivity contribution in [1.82, 2.24) is 5.32 Å². The quantitative estimate of drug-likeness (QED) is 0.767. The van der Waals surface area contributed by atoms with Gasteiger partial charge in [-0.15, -0.1) is 0 Å². The molecule has 1 amide bonds. The largest absolute Gasteiger partial charge is 0.490 e. The first-order chi connectivity index (χ1) is 12.0. The normalized spacial score (nSPS) is 11.0. The Morgan fingerprint density at radius 1 is 1.08 bits per heavy atom. The molecule has 0 saturated heterocycles. The van der Waals surface area contributed by atoms with Crippen LogP contribution in [0.3, 0.4) is 0 Å². The number of halogens is 2. The van der Waals surface area contributed by atoms with E-state index < -0.39 is 24.9 Å². The van der Waals surface area contributed by atoms with Gasteiger partial charge in [-0.25, -0.2) is 8.78 Å². The second-order valence-corrected chi connectivity index (χ2v) is 5.22. The average molecular weight is 350 g/mol. The number of amides is 1. The lowest BCUT2D eigenvalue weighted by Crippen LogP contribution is -2.41. The van der Waals surface area contributed by atoms with E-state index in [1.807, 2.05) is 6.92 Å². The molecule has 3 N–H and O–H groups in total. The van der Waals surface area contributed by atoms with Crippen LogP contribution in [0.2, 0.25) is 0 Å². The van der Waals surface area contributed by atoms with Crippen LogP contribution in [0.1, 0.15) is 17.3 Å². The van der Waals surface area contributed by atoms with Crippen LogP contribution in [0.4, 0.5) is 8.78 Å². The van der Waals surface area contributed by atoms with E-state index in [4.69, 9.17) is 15.2 Å². The summed E-state index contributed by atoms with van der Waals surface area (Å²) in [5.41, 5.74) is 5.11. The highest BCUT2D eigenvalue weighted by Crippen LogP contribution is 2.33. The predicted molar refractivity (Wildman–Crippen MR) is 90.5 cm³/mol. The van der Waals surface area contributed by atoms with Gasteiger partial charge in [-0.1, -0.05) is 24.3 Å². The van der Waals surface area contributed by atoms with Gasteiger partial charge in [-0.05, 0) is 31.2 Å². The van der Waals surface area contributed by atoms with Gasteiger partial charge in [-0.2, -0.15) is 0 Å². The van der Waals surface area contributed by atoms with Crippen LogP contribution in [-0.4, -0.2) is 31.5 Å². The first-order valence-corrected chi connectivity index (χ1v) is 7.81. The molecule has 5 nitrogen and oxygen atoms in total. The Bertz CT molecular complexity index is 723. The van der Waals surface area contributed by atoms with E-state index in [0.29, 0.717) is 18.1 Å². The van der Waals surface area contributed by atoms with Gasteiger partial charge < -0.3 is 20.5 Å². The highest BCUT2D eigenvalue weighted by atomic mass is 19.3. The Balaban J connectivity index is 2.20. The monoisotopic (exact) mass is 350 g/mol. The zero-order chi connectivity index (χ0) is 18.3. The van der Waals surface area contributed by atoms with Crippen LogP contribution in [0.5, 0.6) is 17.2 Å². The van der Waals surface area contributed by atoms with E-state index in [2.05, 4.69) is 5.32 Å². The van der Waals surface area contributed by atoms with Crippen molar-refractivity contribution < 1.29 is 23.0 Å². The number of hydrogen-bond donors (Lipinski definition) is 2. The molecule has 2 aromatic carbocycles. The zero-order valence-corrected chi connectivity index (χ0v) is 13.8. The highest BCUT2D eigenvalue weighted by molar-refractivity contribution is 5.97. The number of carbonyl (C=O) groups is 1. The van der Waals surface area contributed by atoms with Gasteiger partial charge in [0.05, 0.1) is 25.3 Å². The molecular formula is C18H20F2N2O3. The minimum Gasteiger partial charge on any atom is -0.490 e. The molecule has 0 fully saturated rings. The molecular weight excluding hydrogens is 330 g/mol. The van der Waals surface area contributed by atoms with Gasteiger partial charge in [0.2, 0.25) is 0 Å². The molecule has 0 aromatic heterocycles. The summed E-state index contributed by atoms with van der Waals surface area (Å²) < 4.78 is 37.7. The van der Waals surface area contributed by atoms with Gasteiger partial charge in [-0.3, -0.25) is 4.79 Å². The Labute approximate surface area is 144 Å². The number of para-hydroxylation sites is 3. The lowest BCUT2D eigenvalue weighted by atomic mass is 10.2. The number of nitrogens with one attached hydrogen (secondary N) is 1. The molecule has 0 aliphatic carbocycles. The molecule has 0 aliphatic heterocycles. The Kier molecular flexibility index (Phi) is 6.30. The van der Waals surface area contributed by atoms with Crippen molar-refractivity contribution in [3.63, 3.8) is 0 Å². The molecule has 0 saturated carbocycles. The molecule has 2 rings (SSSR count). The number of ether oxygens (including phenoxy) is 2. The second-order valence-electron chi connectivity index (χ2n) is 5.22. The van der Waals surface area contributed by atoms with E-state index in [1.54, 1.807) is 42.5 Å². The van der Waals surface area contributed by atoms with Gasteiger partial charge in [0, 0.05) is 0 Å². The third-order valence-electron chi connectivity index (χ3n) is 3.31. The van der Waals surface area contributed by atoms with Gasteiger partial charge in [0.1, 0.15) is 5.75 Å². The zero-order valence-electron chi connectivity index (χ0n) is 13.8. The molecule has 0 atom stereocenters. The number of alkyl halides is 2. The Hall–Kier alpha value is -2.67. The number of carbonyl (C=O) groups excluding carboxylic acids is 1. The molecule has 0 spiro atoms. The van der Waals surface area contributed by atoms with Crippen molar-refractivity contribution in [3.8, 4) is 17.2 Å². The number of benzene rings is 2. The minimum atomic E-state index is -3.16. The summed E-state index contributed by atoms with van der Waals surface area (Å²) >= 11 is 0. The lowest BCUT2D eigenvalue weighted by Gasteiger charge is -2.16. The third kappa shape index (κ3) is 5.15. The number of nitrogens with two attached hydrogens (primary N) is 1. The third-order valence-corrected chi connectivity index (χ3v) is 3.31. The maximum atomic E-state index is 13.2. The second kappa shape index (κ2) is 8.43. The van der Waals surface area contributed by atoms with Gasteiger partial charge in [0.25, 0.3) is 11.8 Å². The Morgan fingerprint density at radius 3 is 2.32 bits per heavy atom. The topological polar surface area (TPSA) is 73.6 Å². The number of hydrogen-bond acceptors (Lipinski definition) is 4. The minimum absolute atomic E-state index is 0.140. The SMILES string of the molecule is CCOc1ccccc1Oc1ccccc1C(=O)NCC(F)(F)CN. The van der Waals surface area contributed by atoms with E-state index in [0.717, 1.165) is 0 Å². The summed E-state index contributed by atoms with van der Waals surface area (Å²) in [6.07, 6.45) is 0. The van der Waals surface area contributed by atoms with Crippen LogP contribution in [0, 0.1) is 0 Å². The molecule has 7 heteroatoms. The van der Waals surface area contributed by atoms with E-state index in [1.165, 1.54) is 6.07 Å². The maximum absolute atomic E-state index is 13.2. The van der Waals surface area contributed by atoms with Gasteiger partial charge >= 0.3 is 0 Å². The molecule has 0 unspecified atom stereocenters. The van der Waals surface area contributed by atoms with E-state index in [-0.39, 0.29) is 11.3 Å². The van der Waals surface area contributed by atoms with E-state index >= 15 is 0 Å². The summed E-state index contributed by atoms with van der Waals surface area (Å²) in [5, 5.41) is 2.18. The molecule has 2 aromatic rings. The maximum Gasteiger partial charge on any atom is 0.277 e. The smallest absolute Gasteiger partial charge is 0.277 e. The summed E-state index contributed by atoms with van der Waals surface area (Å²) in [5.74, 6) is -2.64. The molecule has 134 valence electrons.